The number of aromatic amines is 1. The number of hydrogen-bond donors (Lipinski definition) is 5. The maximum absolute atomic E-state index is 13.9. The lowest BCUT2D eigenvalue weighted by atomic mass is 9.86. The van der Waals surface area contributed by atoms with Crippen molar-refractivity contribution in [2.45, 2.75) is 43.9 Å². The van der Waals surface area contributed by atoms with Crippen LogP contribution < -0.4 is 15.6 Å². The van der Waals surface area contributed by atoms with Crippen molar-refractivity contribution in [2.75, 3.05) is 65.6 Å². The first-order chi connectivity index (χ1) is 31.0. The van der Waals surface area contributed by atoms with Gasteiger partial charge in [0, 0.05) is 56.3 Å². The number of carbonyl (C=O) groups excluding carboxylic acids is 3. The number of likely N-dealkylation sites (tertiary alicyclic amines) is 3. The highest BCUT2D eigenvalue weighted by atomic mass is 16.5. The van der Waals surface area contributed by atoms with Crippen LogP contribution >= 0.6 is 0 Å². The smallest absolute Gasteiger partial charge is 0.347 e. The molecule has 0 bridgehead atoms. The molecule has 0 radical (unpaired) electrons. The largest absolute Gasteiger partial charge is 0.506 e. The second kappa shape index (κ2) is 20.2. The van der Waals surface area contributed by atoms with Gasteiger partial charge in [-0.15, -0.1) is 0 Å². The van der Waals surface area contributed by atoms with Crippen molar-refractivity contribution in [1.29, 1.82) is 0 Å². The fraction of sp³-hybridized carbons (Fsp3) is 0.400. The summed E-state index contributed by atoms with van der Waals surface area (Å²) in [7, 11) is 0. The number of carbonyl (C=O) groups is 3. The molecule has 4 heterocycles. The highest BCUT2D eigenvalue weighted by molar-refractivity contribution is 5.88. The lowest BCUT2D eigenvalue weighted by Crippen LogP contribution is -2.58. The van der Waals surface area contributed by atoms with Gasteiger partial charge in [-0.25, -0.2) is 4.79 Å². The third kappa shape index (κ3) is 10.3. The van der Waals surface area contributed by atoms with Gasteiger partial charge in [-0.3, -0.25) is 19.3 Å². The number of ether oxygens (including phenoxy) is 2. The zero-order valence-electron chi connectivity index (χ0n) is 35.9. The number of rotatable bonds is 16. The second-order valence-electron chi connectivity index (χ2n) is 17.4. The second-order valence-corrected chi connectivity index (χ2v) is 17.4. The van der Waals surface area contributed by atoms with Gasteiger partial charge in [-0.1, -0.05) is 78.9 Å². The number of aromatic nitrogens is 1. The minimum atomic E-state index is -2.11. The fourth-order valence-corrected chi connectivity index (χ4v) is 9.12. The van der Waals surface area contributed by atoms with Crippen molar-refractivity contribution in [3.05, 3.63) is 142 Å². The number of fused-ring (bicyclic) bond motifs is 1. The molecule has 3 aliphatic rings. The highest BCUT2D eigenvalue weighted by Gasteiger charge is 2.43. The Balaban J connectivity index is 0.770. The maximum atomic E-state index is 13.9. The van der Waals surface area contributed by atoms with Crippen LogP contribution in [0.3, 0.4) is 0 Å². The van der Waals surface area contributed by atoms with E-state index in [-0.39, 0.29) is 53.7 Å². The van der Waals surface area contributed by atoms with Crippen molar-refractivity contribution in [1.82, 2.24) is 25.0 Å². The zero-order valence-corrected chi connectivity index (χ0v) is 35.9. The number of aliphatic hydroxyl groups is 2. The van der Waals surface area contributed by atoms with Crippen molar-refractivity contribution in [3.8, 4) is 11.5 Å². The van der Waals surface area contributed by atoms with E-state index < -0.39 is 17.7 Å². The molecule has 5 aromatic rings. The Morgan fingerprint density at radius 3 is 2.22 bits per heavy atom. The Bertz CT molecular complexity index is 2440. The summed E-state index contributed by atoms with van der Waals surface area (Å²) < 4.78 is 11.8. The summed E-state index contributed by atoms with van der Waals surface area (Å²) in [5, 5.41) is 37.1. The van der Waals surface area contributed by atoms with Crippen LogP contribution in [0.4, 0.5) is 0 Å². The molecule has 5 N–H and O–H groups in total. The number of hydrogen-bond acceptors (Lipinski definition) is 11. The standard InChI is InChI=1S/C50H57N5O9/c56-43-16-14-41(42-15-17-45(58)52-47(42)43)44(57)28-51-27-34-20-24-54(25-21-34)48(60)37-30-55(31-37)46(59)33-63-40-13-7-12-39(26-40)50(62,38-10-5-2-6-11-38)49(61)64-32-36-18-22-53(23-19-36)29-35-8-3-1-4-9-35/h1-17,26,34,36-37,44,51,56-57,62H,18-25,27-33H2,(H,52,58)/t44-,50?/m0/s1. The van der Waals surface area contributed by atoms with E-state index in [1.165, 1.54) is 17.7 Å². The van der Waals surface area contributed by atoms with Crippen LogP contribution in [0.1, 0.15) is 54.0 Å². The summed E-state index contributed by atoms with van der Waals surface area (Å²) in [5.74, 6) is -0.510. The van der Waals surface area contributed by atoms with Gasteiger partial charge in [-0.2, -0.15) is 0 Å². The Labute approximate surface area is 372 Å². The maximum Gasteiger partial charge on any atom is 0.347 e. The van der Waals surface area contributed by atoms with E-state index in [4.69, 9.17) is 9.47 Å². The summed E-state index contributed by atoms with van der Waals surface area (Å²) in [6, 6.07) is 31.7. The third-order valence-corrected chi connectivity index (χ3v) is 13.1. The summed E-state index contributed by atoms with van der Waals surface area (Å²) >= 11 is 0. The van der Waals surface area contributed by atoms with Crippen molar-refractivity contribution in [3.63, 3.8) is 0 Å². The minimum Gasteiger partial charge on any atom is -0.506 e. The minimum absolute atomic E-state index is 0.0392. The number of phenols is 1. The number of piperidine rings is 2. The average Bonchev–Trinajstić information content (AvgIpc) is 3.31. The number of nitrogens with zero attached hydrogens (tertiary/aromatic N) is 3. The molecule has 14 heteroatoms. The van der Waals surface area contributed by atoms with Gasteiger partial charge >= 0.3 is 5.97 Å². The normalized spacial score (nSPS) is 18.0. The number of esters is 1. The zero-order chi connectivity index (χ0) is 44.6. The molecule has 3 fully saturated rings. The Kier molecular flexibility index (Phi) is 14.1. The van der Waals surface area contributed by atoms with Gasteiger partial charge in [0.25, 0.3) is 5.91 Å². The van der Waals surface area contributed by atoms with Crippen molar-refractivity contribution < 1.29 is 39.2 Å². The van der Waals surface area contributed by atoms with Crippen molar-refractivity contribution >= 4 is 28.7 Å². The van der Waals surface area contributed by atoms with Crippen LogP contribution in [0.25, 0.3) is 10.9 Å². The number of aliphatic hydroxyl groups excluding tert-OH is 1. The molecular formula is C50H57N5O9. The molecule has 4 aromatic carbocycles. The number of nitrogens with one attached hydrogen (secondary N) is 2. The average molecular weight is 872 g/mol. The Morgan fingerprint density at radius 2 is 1.48 bits per heavy atom. The molecule has 336 valence electrons. The molecule has 14 nitrogen and oxygen atoms in total. The number of benzene rings is 4. The predicted octanol–water partition coefficient (Wildman–Crippen LogP) is 4.32. The van der Waals surface area contributed by atoms with E-state index in [2.05, 4.69) is 27.3 Å². The Hall–Kier alpha value is -6.06. The molecule has 0 spiro atoms. The number of amides is 2. The van der Waals surface area contributed by atoms with Crippen LogP contribution in [-0.4, -0.2) is 118 Å². The van der Waals surface area contributed by atoms with Crippen LogP contribution in [0.2, 0.25) is 0 Å². The van der Waals surface area contributed by atoms with Gasteiger partial charge in [0.05, 0.1) is 24.1 Å². The predicted molar refractivity (Wildman–Crippen MR) is 240 cm³/mol. The van der Waals surface area contributed by atoms with E-state index in [0.717, 1.165) is 45.3 Å². The Morgan fingerprint density at radius 1 is 0.797 bits per heavy atom. The lowest BCUT2D eigenvalue weighted by molar-refractivity contribution is -0.164. The molecule has 0 aliphatic carbocycles. The summed E-state index contributed by atoms with van der Waals surface area (Å²) in [4.78, 5) is 60.7. The first-order valence-electron chi connectivity index (χ1n) is 22.3. The molecule has 2 amide bonds. The summed E-state index contributed by atoms with van der Waals surface area (Å²) in [6.45, 7) is 5.43. The fourth-order valence-electron chi connectivity index (χ4n) is 9.12. The molecular weight excluding hydrogens is 815 g/mol. The van der Waals surface area contributed by atoms with E-state index in [9.17, 15) is 34.5 Å². The van der Waals surface area contributed by atoms with Gasteiger partial charge < -0.3 is 44.9 Å². The van der Waals surface area contributed by atoms with Crippen molar-refractivity contribution in [2.24, 2.45) is 17.8 Å². The van der Waals surface area contributed by atoms with Crippen LogP contribution in [0, 0.1) is 17.8 Å². The van der Waals surface area contributed by atoms with Crippen LogP contribution in [-0.2, 0) is 31.3 Å². The SMILES string of the molecule is O=C(COc1cccc(C(O)(C(=O)OCC2CCN(Cc3ccccc3)CC2)c2ccccc2)c1)N1CC(C(=O)N2CCC(CNC[C@H](O)c3ccc(O)c4[nH]c(=O)ccc34)CC2)C1. The highest BCUT2D eigenvalue weighted by Crippen LogP contribution is 2.34. The molecule has 0 saturated carbocycles. The molecule has 8 rings (SSSR count). The van der Waals surface area contributed by atoms with Gasteiger partial charge in [0.15, 0.2) is 6.61 Å². The van der Waals surface area contributed by atoms with E-state index >= 15 is 0 Å². The number of phenolic OH excluding ortho intramolecular Hbond substituents is 1. The van der Waals surface area contributed by atoms with E-state index in [1.54, 1.807) is 65.6 Å². The molecule has 1 unspecified atom stereocenters. The van der Waals surface area contributed by atoms with Gasteiger partial charge in [-0.05, 0) is 98.1 Å². The number of aromatic hydroxyl groups is 1. The molecule has 3 aliphatic heterocycles. The summed E-state index contributed by atoms with van der Waals surface area (Å²) in [6.07, 6.45) is 2.54. The molecule has 64 heavy (non-hydrogen) atoms. The number of pyridine rings is 1. The van der Waals surface area contributed by atoms with E-state index in [1.807, 2.05) is 29.2 Å². The van der Waals surface area contributed by atoms with E-state index in [0.29, 0.717) is 73.0 Å². The molecule has 1 aromatic heterocycles. The number of H-pyrrole nitrogens is 1. The first-order valence-corrected chi connectivity index (χ1v) is 22.3. The van der Waals surface area contributed by atoms with Gasteiger partial charge in [0.1, 0.15) is 11.5 Å². The quantitative estimate of drug-likeness (QED) is 0.0891. The monoisotopic (exact) mass is 871 g/mol. The summed E-state index contributed by atoms with van der Waals surface area (Å²) in [5.41, 5.74) is 0.355. The third-order valence-electron chi connectivity index (χ3n) is 13.1. The van der Waals surface area contributed by atoms with Crippen LogP contribution in [0.5, 0.6) is 11.5 Å². The topological polar surface area (TPSA) is 185 Å². The van der Waals surface area contributed by atoms with Crippen LogP contribution in [0.15, 0.2) is 114 Å². The lowest BCUT2D eigenvalue weighted by Gasteiger charge is -2.42. The molecule has 3 saturated heterocycles. The first kappa shape index (κ1) is 44.5. The van der Waals surface area contributed by atoms with Gasteiger partial charge in [0.2, 0.25) is 17.1 Å². The molecule has 2 atom stereocenters.